The summed E-state index contributed by atoms with van der Waals surface area (Å²) in [5.41, 5.74) is 0. The van der Waals surface area contributed by atoms with Gasteiger partial charge >= 0.3 is 0 Å². The Hall–Kier alpha value is -0.0400. The number of hydrogen-bond acceptors (Lipinski definition) is 1. The van der Waals surface area contributed by atoms with E-state index >= 15 is 0 Å². The normalized spacial score (nSPS) is 28.3. The number of rotatable bonds is 8. The predicted molar refractivity (Wildman–Crippen MR) is 86.4 cm³/mol. The average Bonchev–Trinajstić information content (AvgIpc) is 2.42. The van der Waals surface area contributed by atoms with Gasteiger partial charge in [0.1, 0.15) is 0 Å². The quantitative estimate of drug-likeness (QED) is 0.644. The Kier molecular flexibility index (Phi) is 8.06. The fourth-order valence-electron chi connectivity index (χ4n) is 3.91. The highest BCUT2D eigenvalue weighted by Crippen LogP contribution is 2.41. The molecule has 1 heteroatoms. The van der Waals surface area contributed by atoms with Crippen LogP contribution < -0.4 is 5.32 Å². The summed E-state index contributed by atoms with van der Waals surface area (Å²) in [6, 6.07) is 0. The molecule has 0 heterocycles. The third kappa shape index (κ3) is 5.45. The highest BCUT2D eigenvalue weighted by atomic mass is 14.8. The van der Waals surface area contributed by atoms with E-state index < -0.39 is 0 Å². The lowest BCUT2D eigenvalue weighted by Crippen LogP contribution is -2.35. The molecule has 19 heavy (non-hydrogen) atoms. The van der Waals surface area contributed by atoms with Gasteiger partial charge in [-0.3, -0.25) is 0 Å². The highest BCUT2D eigenvalue weighted by Gasteiger charge is 2.32. The minimum Gasteiger partial charge on any atom is -0.317 e. The fourth-order valence-corrected chi connectivity index (χ4v) is 3.91. The highest BCUT2D eigenvalue weighted by molar-refractivity contribution is 4.84. The second-order valence-corrected chi connectivity index (χ2v) is 7.06. The van der Waals surface area contributed by atoms with Crippen LogP contribution in [0.5, 0.6) is 0 Å². The molecular weight excluding hydrogens is 230 g/mol. The molecular formula is C18H37N. The van der Waals surface area contributed by atoms with E-state index in [9.17, 15) is 0 Å². The first-order valence-electron chi connectivity index (χ1n) is 8.82. The van der Waals surface area contributed by atoms with Crippen LogP contribution in [0.4, 0.5) is 0 Å². The van der Waals surface area contributed by atoms with Crippen molar-refractivity contribution in [1.82, 2.24) is 5.32 Å². The van der Waals surface area contributed by atoms with Crippen molar-refractivity contribution < 1.29 is 0 Å². The first kappa shape index (κ1) is 17.0. The van der Waals surface area contributed by atoms with Gasteiger partial charge < -0.3 is 5.32 Å². The van der Waals surface area contributed by atoms with Gasteiger partial charge in [-0.05, 0) is 68.4 Å². The van der Waals surface area contributed by atoms with Crippen LogP contribution in [-0.4, -0.2) is 13.1 Å². The van der Waals surface area contributed by atoms with Crippen LogP contribution in [0.2, 0.25) is 0 Å². The Morgan fingerprint density at radius 3 is 2.21 bits per heavy atom. The molecule has 1 N–H and O–H groups in total. The van der Waals surface area contributed by atoms with Crippen molar-refractivity contribution in [3.63, 3.8) is 0 Å². The molecule has 114 valence electrons. The second-order valence-electron chi connectivity index (χ2n) is 7.06. The molecule has 0 bridgehead atoms. The van der Waals surface area contributed by atoms with E-state index in [4.69, 9.17) is 0 Å². The minimum absolute atomic E-state index is 0.879. The van der Waals surface area contributed by atoms with Gasteiger partial charge in [0.15, 0.2) is 0 Å². The summed E-state index contributed by atoms with van der Waals surface area (Å²) in [4.78, 5) is 0. The molecule has 1 aliphatic rings. The Morgan fingerprint density at radius 1 is 1.00 bits per heavy atom. The number of nitrogens with one attached hydrogen (secondary N) is 1. The molecule has 0 amide bonds. The van der Waals surface area contributed by atoms with E-state index in [0.717, 1.165) is 36.1 Å². The smallest absolute Gasteiger partial charge is 0.00180 e. The summed E-state index contributed by atoms with van der Waals surface area (Å²) in [5.74, 6) is 4.74. The third-order valence-corrected chi connectivity index (χ3v) is 5.57. The summed E-state index contributed by atoms with van der Waals surface area (Å²) < 4.78 is 0. The summed E-state index contributed by atoms with van der Waals surface area (Å²) in [6.07, 6.45) is 8.63. The summed E-state index contributed by atoms with van der Waals surface area (Å²) in [6.45, 7) is 14.2. The maximum absolute atomic E-state index is 3.60. The standard InChI is InChI=1S/C18H37N/c1-6-15(7-2)11-18-12-16(14(4)5)9-10-17(18)13-19-8-3/h14-19H,6-13H2,1-5H3. The van der Waals surface area contributed by atoms with E-state index in [1.165, 1.54) is 45.1 Å². The Bertz CT molecular complexity index is 218. The van der Waals surface area contributed by atoms with Gasteiger partial charge in [0.25, 0.3) is 0 Å². The molecule has 0 saturated heterocycles. The molecule has 3 atom stereocenters. The molecule has 1 aliphatic carbocycles. The van der Waals surface area contributed by atoms with Gasteiger partial charge in [0, 0.05) is 0 Å². The van der Waals surface area contributed by atoms with Crippen molar-refractivity contribution >= 4 is 0 Å². The monoisotopic (exact) mass is 267 g/mol. The lowest BCUT2D eigenvalue weighted by atomic mass is 9.67. The van der Waals surface area contributed by atoms with E-state index in [-0.39, 0.29) is 0 Å². The van der Waals surface area contributed by atoms with Crippen molar-refractivity contribution in [3.8, 4) is 0 Å². The summed E-state index contributed by atoms with van der Waals surface area (Å²) >= 11 is 0. The van der Waals surface area contributed by atoms with Crippen LogP contribution in [0.25, 0.3) is 0 Å². The maximum atomic E-state index is 3.60. The molecule has 1 saturated carbocycles. The molecule has 3 unspecified atom stereocenters. The molecule has 0 aromatic heterocycles. The van der Waals surface area contributed by atoms with Crippen molar-refractivity contribution in [2.24, 2.45) is 29.6 Å². The number of hydrogen-bond donors (Lipinski definition) is 1. The average molecular weight is 268 g/mol. The van der Waals surface area contributed by atoms with Crippen molar-refractivity contribution in [2.45, 2.75) is 73.1 Å². The van der Waals surface area contributed by atoms with Crippen LogP contribution in [-0.2, 0) is 0 Å². The van der Waals surface area contributed by atoms with Gasteiger partial charge in [0.2, 0.25) is 0 Å². The zero-order valence-corrected chi connectivity index (χ0v) is 14.0. The zero-order valence-electron chi connectivity index (χ0n) is 14.0. The van der Waals surface area contributed by atoms with Crippen LogP contribution in [0.3, 0.4) is 0 Å². The lowest BCUT2D eigenvalue weighted by Gasteiger charge is -2.39. The first-order chi connectivity index (χ1) is 9.12. The maximum Gasteiger partial charge on any atom is -0.00180 e. The van der Waals surface area contributed by atoms with Gasteiger partial charge in [-0.1, -0.05) is 47.5 Å². The van der Waals surface area contributed by atoms with Gasteiger partial charge in [-0.25, -0.2) is 0 Å². The van der Waals surface area contributed by atoms with Gasteiger partial charge in [-0.15, -0.1) is 0 Å². The molecule has 0 radical (unpaired) electrons. The van der Waals surface area contributed by atoms with Crippen LogP contribution in [0.1, 0.15) is 73.1 Å². The van der Waals surface area contributed by atoms with Crippen molar-refractivity contribution in [1.29, 1.82) is 0 Å². The van der Waals surface area contributed by atoms with Crippen molar-refractivity contribution in [2.75, 3.05) is 13.1 Å². The molecule has 0 aliphatic heterocycles. The van der Waals surface area contributed by atoms with Crippen LogP contribution in [0, 0.1) is 29.6 Å². The van der Waals surface area contributed by atoms with Gasteiger partial charge in [-0.2, -0.15) is 0 Å². The Labute approximate surface area is 121 Å². The Balaban J connectivity index is 2.59. The summed E-state index contributed by atoms with van der Waals surface area (Å²) in [5, 5.41) is 3.60. The topological polar surface area (TPSA) is 12.0 Å². The molecule has 0 spiro atoms. The predicted octanol–water partition coefficient (Wildman–Crippen LogP) is 5.11. The van der Waals surface area contributed by atoms with E-state index in [2.05, 4.69) is 39.9 Å². The second kappa shape index (κ2) is 9.00. The van der Waals surface area contributed by atoms with Crippen molar-refractivity contribution in [3.05, 3.63) is 0 Å². The SMILES string of the molecule is CCNCC1CCC(C(C)C)CC1CC(CC)CC. The fraction of sp³-hybridized carbons (Fsp3) is 1.00. The van der Waals surface area contributed by atoms with Crippen LogP contribution >= 0.6 is 0 Å². The van der Waals surface area contributed by atoms with E-state index in [1.54, 1.807) is 0 Å². The molecule has 1 nitrogen and oxygen atoms in total. The lowest BCUT2D eigenvalue weighted by molar-refractivity contribution is 0.121. The Morgan fingerprint density at radius 2 is 1.68 bits per heavy atom. The largest absolute Gasteiger partial charge is 0.317 e. The zero-order chi connectivity index (χ0) is 14.3. The molecule has 1 fully saturated rings. The van der Waals surface area contributed by atoms with E-state index in [1.807, 2.05) is 0 Å². The van der Waals surface area contributed by atoms with Gasteiger partial charge in [0.05, 0.1) is 0 Å². The molecule has 0 aromatic rings. The minimum atomic E-state index is 0.879. The summed E-state index contributed by atoms with van der Waals surface area (Å²) in [7, 11) is 0. The third-order valence-electron chi connectivity index (χ3n) is 5.57. The van der Waals surface area contributed by atoms with Crippen LogP contribution in [0.15, 0.2) is 0 Å². The van der Waals surface area contributed by atoms with E-state index in [0.29, 0.717) is 0 Å². The molecule has 1 rings (SSSR count). The molecule has 0 aromatic carbocycles. The first-order valence-corrected chi connectivity index (χ1v) is 8.82.